The van der Waals surface area contributed by atoms with Crippen LogP contribution in [0.15, 0.2) is 243 Å². The van der Waals surface area contributed by atoms with Crippen molar-refractivity contribution in [3.8, 4) is 55.6 Å². The van der Waals surface area contributed by atoms with Crippen molar-refractivity contribution >= 4 is 55.7 Å². The molecule has 0 heterocycles. The molecule has 12 aromatic carbocycles. The SMILES string of the molecule is Cc1cc(-c2ccc(N(c3c(C)cccc3-c3ccc4c(c3)C(C)(C)c3ccccc3-4)c3cccc4ccccc34)c(C)c2)ccc1N(c1c(C)cccc1-c1ccc2c(c1)C(C)(C)c1ccccc1-2)c1cccc2ccccc12. The lowest BCUT2D eigenvalue weighted by molar-refractivity contribution is 0.660. The summed E-state index contributed by atoms with van der Waals surface area (Å²) in [5.74, 6) is 0. The van der Waals surface area contributed by atoms with Gasteiger partial charge in [-0.25, -0.2) is 0 Å². The van der Waals surface area contributed by atoms with E-state index in [1.807, 2.05) is 0 Å². The second kappa shape index (κ2) is 18.7. The molecule has 0 saturated carbocycles. The van der Waals surface area contributed by atoms with Crippen molar-refractivity contribution in [1.29, 1.82) is 0 Å². The van der Waals surface area contributed by atoms with E-state index in [2.05, 4.69) is 308 Å². The zero-order chi connectivity index (χ0) is 54.6. The van der Waals surface area contributed by atoms with E-state index >= 15 is 0 Å². The predicted molar refractivity (Wildman–Crippen MR) is 341 cm³/mol. The van der Waals surface area contributed by atoms with Crippen molar-refractivity contribution in [2.45, 2.75) is 66.2 Å². The summed E-state index contributed by atoms with van der Waals surface area (Å²) in [5.41, 5.74) is 29.6. The highest BCUT2D eigenvalue weighted by Crippen LogP contribution is 2.54. The molecule has 0 bridgehead atoms. The summed E-state index contributed by atoms with van der Waals surface area (Å²) in [6.45, 7) is 18.6. The number of hydrogen-bond acceptors (Lipinski definition) is 2. The number of rotatable bonds is 9. The van der Waals surface area contributed by atoms with Gasteiger partial charge in [-0.1, -0.05) is 222 Å². The van der Waals surface area contributed by atoms with Crippen LogP contribution < -0.4 is 9.80 Å². The lowest BCUT2D eigenvalue weighted by Crippen LogP contribution is -2.16. The van der Waals surface area contributed by atoms with E-state index in [-0.39, 0.29) is 10.8 Å². The summed E-state index contributed by atoms with van der Waals surface area (Å²) < 4.78 is 0. The molecule has 0 fully saturated rings. The van der Waals surface area contributed by atoms with Gasteiger partial charge in [-0.05, 0) is 176 Å². The molecule has 0 aliphatic heterocycles. The minimum atomic E-state index is -0.115. The number of benzene rings is 12. The van der Waals surface area contributed by atoms with Crippen molar-refractivity contribution in [2.75, 3.05) is 9.80 Å². The molecule has 0 radical (unpaired) electrons. The quantitative estimate of drug-likeness (QED) is 0.142. The Balaban J connectivity index is 0.895. The van der Waals surface area contributed by atoms with Crippen LogP contribution in [0.1, 0.15) is 72.2 Å². The Labute approximate surface area is 471 Å². The molecule has 0 spiro atoms. The zero-order valence-corrected chi connectivity index (χ0v) is 47.0. The molecule has 14 rings (SSSR count). The van der Waals surface area contributed by atoms with Gasteiger partial charge in [0.1, 0.15) is 0 Å². The van der Waals surface area contributed by atoms with E-state index in [1.165, 1.54) is 133 Å². The van der Waals surface area contributed by atoms with Gasteiger partial charge in [0.2, 0.25) is 0 Å². The number of anilines is 6. The average Bonchev–Trinajstić information content (AvgIpc) is 3.96. The minimum absolute atomic E-state index is 0.115. The van der Waals surface area contributed by atoms with E-state index in [0.717, 1.165) is 22.7 Å². The van der Waals surface area contributed by atoms with Gasteiger partial charge in [0.25, 0.3) is 0 Å². The van der Waals surface area contributed by atoms with Crippen LogP contribution in [-0.2, 0) is 10.8 Å². The maximum absolute atomic E-state index is 2.54. The van der Waals surface area contributed by atoms with E-state index in [0.29, 0.717) is 0 Å². The van der Waals surface area contributed by atoms with Gasteiger partial charge in [-0.3, -0.25) is 0 Å². The maximum atomic E-state index is 2.54. The van der Waals surface area contributed by atoms with E-state index in [4.69, 9.17) is 0 Å². The maximum Gasteiger partial charge on any atom is 0.0569 e. The molecule has 12 aromatic rings. The fraction of sp³-hybridized carbons (Fsp3) is 0.128. The van der Waals surface area contributed by atoms with Crippen LogP contribution in [0.25, 0.3) is 77.2 Å². The number of aryl methyl sites for hydroxylation is 4. The number of fused-ring (bicyclic) bond motifs is 8. The number of nitrogens with zero attached hydrogens (tertiary/aromatic N) is 2. The zero-order valence-electron chi connectivity index (χ0n) is 47.0. The molecule has 80 heavy (non-hydrogen) atoms. The normalized spacial score (nSPS) is 13.4. The second-order valence-corrected chi connectivity index (χ2v) is 23.5. The summed E-state index contributed by atoms with van der Waals surface area (Å²) in [6.07, 6.45) is 0. The molecule has 0 saturated heterocycles. The van der Waals surface area contributed by atoms with E-state index in [1.54, 1.807) is 0 Å². The Morgan fingerprint density at radius 3 is 1.04 bits per heavy atom. The minimum Gasteiger partial charge on any atom is -0.309 e. The molecule has 2 aliphatic rings. The molecule has 0 unspecified atom stereocenters. The van der Waals surface area contributed by atoms with Gasteiger partial charge in [0, 0.05) is 44.1 Å². The van der Waals surface area contributed by atoms with Crippen molar-refractivity contribution in [1.82, 2.24) is 0 Å². The van der Waals surface area contributed by atoms with Gasteiger partial charge < -0.3 is 9.80 Å². The molecule has 386 valence electrons. The Bertz CT molecular complexity index is 4190. The molecular formula is C78H64N2. The Morgan fingerprint density at radius 1 is 0.250 bits per heavy atom. The monoisotopic (exact) mass is 1030 g/mol. The largest absolute Gasteiger partial charge is 0.309 e. The first kappa shape index (κ1) is 49.1. The highest BCUT2D eigenvalue weighted by Gasteiger charge is 2.37. The van der Waals surface area contributed by atoms with Crippen LogP contribution in [0.5, 0.6) is 0 Å². The molecule has 0 atom stereocenters. The highest BCUT2D eigenvalue weighted by atomic mass is 15.2. The van der Waals surface area contributed by atoms with Crippen molar-refractivity contribution in [3.63, 3.8) is 0 Å². The van der Waals surface area contributed by atoms with Crippen LogP contribution in [0.3, 0.4) is 0 Å². The van der Waals surface area contributed by atoms with E-state index < -0.39 is 0 Å². The topological polar surface area (TPSA) is 6.48 Å². The van der Waals surface area contributed by atoms with Crippen LogP contribution in [0, 0.1) is 27.7 Å². The second-order valence-electron chi connectivity index (χ2n) is 23.5. The van der Waals surface area contributed by atoms with Crippen molar-refractivity contribution in [3.05, 3.63) is 287 Å². The number of hydrogen-bond donors (Lipinski definition) is 0. The van der Waals surface area contributed by atoms with Gasteiger partial charge in [0.15, 0.2) is 0 Å². The Hall–Kier alpha value is -9.24. The van der Waals surface area contributed by atoms with Gasteiger partial charge in [-0.2, -0.15) is 0 Å². The lowest BCUT2D eigenvalue weighted by atomic mass is 9.81. The first-order valence-electron chi connectivity index (χ1n) is 28.3. The molecule has 2 nitrogen and oxygen atoms in total. The molecule has 2 heteroatoms. The van der Waals surface area contributed by atoms with Crippen LogP contribution in [0.4, 0.5) is 34.1 Å². The van der Waals surface area contributed by atoms with Gasteiger partial charge >= 0.3 is 0 Å². The summed E-state index contributed by atoms with van der Waals surface area (Å²) in [6, 6.07) is 91.0. The van der Waals surface area contributed by atoms with Crippen LogP contribution in [-0.4, -0.2) is 0 Å². The van der Waals surface area contributed by atoms with E-state index in [9.17, 15) is 0 Å². The van der Waals surface area contributed by atoms with Gasteiger partial charge in [0.05, 0.1) is 22.7 Å². The van der Waals surface area contributed by atoms with Crippen LogP contribution in [0.2, 0.25) is 0 Å². The number of para-hydroxylation sites is 2. The third-order valence-corrected chi connectivity index (χ3v) is 17.9. The molecule has 0 amide bonds. The fourth-order valence-corrected chi connectivity index (χ4v) is 13.8. The smallest absolute Gasteiger partial charge is 0.0569 e. The third-order valence-electron chi connectivity index (χ3n) is 17.9. The summed E-state index contributed by atoms with van der Waals surface area (Å²) in [4.78, 5) is 5.08. The first-order valence-corrected chi connectivity index (χ1v) is 28.3. The van der Waals surface area contributed by atoms with Crippen molar-refractivity contribution < 1.29 is 0 Å². The predicted octanol–water partition coefficient (Wildman–Crippen LogP) is 21.8. The van der Waals surface area contributed by atoms with Gasteiger partial charge in [-0.15, -0.1) is 0 Å². The first-order chi connectivity index (χ1) is 38.9. The molecular weight excluding hydrogens is 965 g/mol. The Kier molecular flexibility index (Phi) is 11.5. The average molecular weight is 1030 g/mol. The summed E-state index contributed by atoms with van der Waals surface area (Å²) in [5, 5.41) is 4.85. The molecule has 0 N–H and O–H groups in total. The molecule has 2 aliphatic carbocycles. The molecule has 0 aromatic heterocycles. The highest BCUT2D eigenvalue weighted by molar-refractivity contribution is 6.04. The van der Waals surface area contributed by atoms with Crippen LogP contribution >= 0.6 is 0 Å². The Morgan fingerprint density at radius 2 is 0.600 bits per heavy atom. The lowest BCUT2D eigenvalue weighted by Gasteiger charge is -2.32. The third kappa shape index (κ3) is 7.68. The summed E-state index contributed by atoms with van der Waals surface area (Å²) >= 11 is 0. The standard InChI is InChI=1S/C78H64N2/c1-49-21-17-31-61(57-37-41-65-63-29-13-15-33-67(63)77(5,6)69(65)47-57)75(49)79(73-35-19-25-53-23-9-11-27-59(53)73)71-43-39-55(45-51(71)3)56-40-44-72(52(4)46-56)80(74-36-20-26-54-24-10-12-28-60(54)74)76-50(2)22-18-32-62(76)58-38-42-66-64-30-14-16-34-68(64)78(7,8)70(66)48-58/h9-48H,1-8H3. The van der Waals surface area contributed by atoms with Crippen molar-refractivity contribution in [2.24, 2.45) is 0 Å². The fourth-order valence-electron chi connectivity index (χ4n) is 13.8. The summed E-state index contributed by atoms with van der Waals surface area (Å²) in [7, 11) is 0.